The third-order valence-corrected chi connectivity index (χ3v) is 3.15. The molecule has 0 heterocycles. The number of halogens is 3. The van der Waals surface area contributed by atoms with E-state index in [4.69, 9.17) is 23.2 Å². The fourth-order valence-corrected chi connectivity index (χ4v) is 1.94. The van der Waals surface area contributed by atoms with Crippen molar-refractivity contribution in [3.63, 3.8) is 0 Å². The number of carbonyl (C=O) groups excluding carboxylic acids is 2. The molecule has 0 aliphatic heterocycles. The number of hydrogen-bond acceptors (Lipinski definition) is 2. The van der Waals surface area contributed by atoms with Crippen LogP contribution >= 0.6 is 23.2 Å². The molecule has 2 N–H and O–H groups in total. The summed E-state index contributed by atoms with van der Waals surface area (Å²) >= 11 is 11.4. The van der Waals surface area contributed by atoms with Crippen molar-refractivity contribution in [2.45, 2.75) is 0 Å². The molecule has 0 aliphatic rings. The Balaban J connectivity index is 2.04. The highest BCUT2D eigenvalue weighted by Gasteiger charge is 2.16. The summed E-state index contributed by atoms with van der Waals surface area (Å²) in [5.41, 5.74) is 4.22. The normalized spacial score (nSPS) is 10.0. The third-order valence-electron chi connectivity index (χ3n) is 2.59. The second-order valence-corrected chi connectivity index (χ2v) is 4.86. The third kappa shape index (κ3) is 3.71. The van der Waals surface area contributed by atoms with Crippen LogP contribution in [-0.4, -0.2) is 11.8 Å². The Morgan fingerprint density at radius 3 is 2.14 bits per heavy atom. The first-order valence-corrected chi connectivity index (χ1v) is 6.55. The van der Waals surface area contributed by atoms with E-state index in [-0.39, 0.29) is 10.6 Å². The Labute approximate surface area is 129 Å². The van der Waals surface area contributed by atoms with Gasteiger partial charge in [-0.05, 0) is 36.4 Å². The molecule has 2 rings (SSSR count). The first-order valence-electron chi connectivity index (χ1n) is 5.79. The predicted octanol–water partition coefficient (Wildman–Crippen LogP) is 3.21. The average Bonchev–Trinajstić information content (AvgIpc) is 2.45. The van der Waals surface area contributed by atoms with E-state index in [0.29, 0.717) is 10.6 Å². The lowest BCUT2D eigenvalue weighted by atomic mass is 10.2. The van der Waals surface area contributed by atoms with Gasteiger partial charge in [-0.2, -0.15) is 0 Å². The van der Waals surface area contributed by atoms with Gasteiger partial charge in [0.1, 0.15) is 5.82 Å². The minimum absolute atomic E-state index is 0.0479. The quantitative estimate of drug-likeness (QED) is 0.832. The van der Waals surface area contributed by atoms with Gasteiger partial charge < -0.3 is 0 Å². The number of carbonyl (C=O) groups is 2. The Bertz CT molecular complexity index is 670. The lowest BCUT2D eigenvalue weighted by Crippen LogP contribution is -2.42. The van der Waals surface area contributed by atoms with Crippen molar-refractivity contribution < 1.29 is 14.0 Å². The molecule has 0 spiro atoms. The topological polar surface area (TPSA) is 58.2 Å². The van der Waals surface area contributed by atoms with E-state index >= 15 is 0 Å². The Hall–Kier alpha value is -2.11. The van der Waals surface area contributed by atoms with E-state index in [1.807, 2.05) is 0 Å². The molecule has 0 fully saturated rings. The highest BCUT2D eigenvalue weighted by molar-refractivity contribution is 6.33. The van der Waals surface area contributed by atoms with E-state index in [1.54, 1.807) is 0 Å². The van der Waals surface area contributed by atoms with Crippen LogP contribution in [0.25, 0.3) is 0 Å². The van der Waals surface area contributed by atoms with Crippen molar-refractivity contribution in [3.05, 3.63) is 69.5 Å². The minimum Gasteiger partial charge on any atom is -0.267 e. The highest BCUT2D eigenvalue weighted by Crippen LogP contribution is 2.18. The molecule has 21 heavy (non-hydrogen) atoms. The number of hydrogen-bond donors (Lipinski definition) is 2. The van der Waals surface area contributed by atoms with Gasteiger partial charge in [-0.15, -0.1) is 0 Å². The van der Waals surface area contributed by atoms with Crippen LogP contribution in [0.1, 0.15) is 20.7 Å². The van der Waals surface area contributed by atoms with Crippen molar-refractivity contribution in [3.8, 4) is 0 Å². The standard InChI is InChI=1S/C14H9Cl2FN2O2/c15-9-6-4-8(5-7-9)13(20)18-19-14(21)12-10(16)2-1-3-11(12)17/h1-7H,(H,18,20)(H,19,21). The molecule has 0 unspecified atom stereocenters. The number of hydrazine groups is 1. The molecule has 0 aliphatic carbocycles. The largest absolute Gasteiger partial charge is 0.274 e. The molecule has 2 aromatic carbocycles. The lowest BCUT2D eigenvalue weighted by Gasteiger charge is -2.09. The molecule has 0 saturated carbocycles. The maximum absolute atomic E-state index is 13.5. The SMILES string of the molecule is O=C(NNC(=O)c1c(F)cccc1Cl)c1ccc(Cl)cc1. The Kier molecular flexibility index (Phi) is 4.77. The van der Waals surface area contributed by atoms with Crippen molar-refractivity contribution in [2.24, 2.45) is 0 Å². The maximum atomic E-state index is 13.5. The zero-order valence-corrected chi connectivity index (χ0v) is 12.0. The summed E-state index contributed by atoms with van der Waals surface area (Å²) in [6, 6.07) is 9.89. The van der Waals surface area contributed by atoms with Gasteiger partial charge in [0.2, 0.25) is 0 Å². The van der Waals surface area contributed by atoms with Crippen molar-refractivity contribution in [1.82, 2.24) is 10.9 Å². The predicted molar refractivity (Wildman–Crippen MR) is 77.8 cm³/mol. The van der Waals surface area contributed by atoms with Gasteiger partial charge in [0, 0.05) is 10.6 Å². The van der Waals surface area contributed by atoms with E-state index in [2.05, 4.69) is 10.9 Å². The molecular weight excluding hydrogens is 318 g/mol. The summed E-state index contributed by atoms with van der Waals surface area (Å²) in [6.45, 7) is 0. The first kappa shape index (κ1) is 15.3. The highest BCUT2D eigenvalue weighted by atomic mass is 35.5. The molecule has 0 aromatic heterocycles. The Morgan fingerprint density at radius 1 is 0.905 bits per heavy atom. The van der Waals surface area contributed by atoms with Gasteiger partial charge in [-0.3, -0.25) is 20.4 Å². The van der Waals surface area contributed by atoms with Crippen molar-refractivity contribution in [2.75, 3.05) is 0 Å². The summed E-state index contributed by atoms with van der Waals surface area (Å²) in [6.07, 6.45) is 0. The van der Waals surface area contributed by atoms with E-state index in [9.17, 15) is 14.0 Å². The zero-order valence-electron chi connectivity index (χ0n) is 10.5. The number of benzene rings is 2. The van der Waals surface area contributed by atoms with Crippen molar-refractivity contribution in [1.29, 1.82) is 0 Å². The summed E-state index contributed by atoms with van der Waals surface area (Å²) in [5.74, 6) is -2.19. The molecule has 0 radical (unpaired) electrons. The van der Waals surface area contributed by atoms with Crippen LogP contribution < -0.4 is 10.9 Å². The fraction of sp³-hybridized carbons (Fsp3) is 0. The van der Waals surface area contributed by atoms with Gasteiger partial charge >= 0.3 is 0 Å². The first-order chi connectivity index (χ1) is 9.99. The summed E-state index contributed by atoms with van der Waals surface area (Å²) in [5, 5.41) is 0.432. The maximum Gasteiger partial charge on any atom is 0.274 e. The molecule has 108 valence electrons. The molecule has 2 aromatic rings. The summed E-state index contributed by atoms with van der Waals surface area (Å²) < 4.78 is 13.5. The van der Waals surface area contributed by atoms with Crippen LogP contribution in [0.3, 0.4) is 0 Å². The molecule has 0 saturated heterocycles. The van der Waals surface area contributed by atoms with Crippen LogP contribution in [0.15, 0.2) is 42.5 Å². The molecule has 2 amide bonds. The molecule has 0 atom stereocenters. The zero-order chi connectivity index (χ0) is 15.4. The van der Waals surface area contributed by atoms with Crippen LogP contribution in [-0.2, 0) is 0 Å². The number of rotatable bonds is 2. The monoisotopic (exact) mass is 326 g/mol. The second kappa shape index (κ2) is 6.56. The van der Waals surface area contributed by atoms with Gasteiger partial charge in [0.25, 0.3) is 11.8 Å². The van der Waals surface area contributed by atoms with Gasteiger partial charge in [-0.25, -0.2) is 4.39 Å². The average molecular weight is 327 g/mol. The van der Waals surface area contributed by atoms with Crippen LogP contribution in [0.5, 0.6) is 0 Å². The molecule has 7 heteroatoms. The Morgan fingerprint density at radius 2 is 1.52 bits per heavy atom. The summed E-state index contributed by atoms with van der Waals surface area (Å²) in [7, 11) is 0. The lowest BCUT2D eigenvalue weighted by molar-refractivity contribution is 0.0844. The van der Waals surface area contributed by atoms with E-state index in [1.165, 1.54) is 36.4 Å². The molecule has 0 bridgehead atoms. The smallest absolute Gasteiger partial charge is 0.267 e. The minimum atomic E-state index is -0.847. The number of nitrogens with one attached hydrogen (secondary N) is 2. The number of amides is 2. The van der Waals surface area contributed by atoms with Gasteiger partial charge in [-0.1, -0.05) is 29.3 Å². The van der Waals surface area contributed by atoms with Gasteiger partial charge in [0.15, 0.2) is 0 Å². The van der Waals surface area contributed by atoms with Crippen molar-refractivity contribution >= 4 is 35.0 Å². The van der Waals surface area contributed by atoms with E-state index < -0.39 is 17.6 Å². The second-order valence-electron chi connectivity index (χ2n) is 4.01. The molecule has 4 nitrogen and oxygen atoms in total. The van der Waals surface area contributed by atoms with Crippen LogP contribution in [0.2, 0.25) is 10.0 Å². The van der Waals surface area contributed by atoms with Crippen LogP contribution in [0.4, 0.5) is 4.39 Å². The molecular formula is C14H9Cl2FN2O2. The van der Waals surface area contributed by atoms with E-state index in [0.717, 1.165) is 6.07 Å². The summed E-state index contributed by atoms with van der Waals surface area (Å²) in [4.78, 5) is 23.6. The van der Waals surface area contributed by atoms with Gasteiger partial charge in [0.05, 0.1) is 10.6 Å². The van der Waals surface area contributed by atoms with Crippen LogP contribution in [0, 0.1) is 5.82 Å². The fourth-order valence-electron chi connectivity index (χ4n) is 1.56.